The van der Waals surface area contributed by atoms with Gasteiger partial charge in [0.1, 0.15) is 0 Å². The van der Waals surface area contributed by atoms with Crippen LogP contribution in [-0.4, -0.2) is 33.0 Å². The van der Waals surface area contributed by atoms with E-state index in [9.17, 15) is 22.8 Å². The van der Waals surface area contributed by atoms with Crippen molar-refractivity contribution in [3.63, 3.8) is 0 Å². The molecular formula is C26H14ClF4N5O3S. The van der Waals surface area contributed by atoms with Crippen molar-refractivity contribution in [1.29, 1.82) is 0 Å². The highest BCUT2D eigenvalue weighted by atomic mass is 35.5. The number of ether oxygens (including phenoxy) is 1. The topological polar surface area (TPSA) is 100 Å². The van der Waals surface area contributed by atoms with Crippen LogP contribution in [0.2, 0.25) is 5.02 Å². The number of hydrogen-bond acceptors (Lipinski definition) is 7. The van der Waals surface area contributed by atoms with Crippen molar-refractivity contribution in [2.75, 3.05) is 10.2 Å². The molecule has 2 aromatic heterocycles. The highest BCUT2D eigenvalue weighted by Gasteiger charge is 2.58. The highest BCUT2D eigenvalue weighted by Crippen LogP contribution is 2.50. The standard InChI is InChI=1S/C26H14ClF4N5O3S/c27-16-6-3-7-19(20(16)28)36-21(37)14-4-1-2-5-15(14)25(36,39-22(38)26(29,30)31)13-8-9-17-18(12-13)34-23(33-17)35-24-32-10-11-40-24/h1-12H,(H2,32,33,34,35). The van der Waals surface area contributed by atoms with Gasteiger partial charge in [0.05, 0.1) is 21.7 Å². The van der Waals surface area contributed by atoms with Crippen molar-refractivity contribution in [1.82, 2.24) is 15.0 Å². The maximum atomic E-state index is 15.4. The van der Waals surface area contributed by atoms with Gasteiger partial charge in [-0.05, 0) is 30.3 Å². The molecule has 0 bridgehead atoms. The van der Waals surface area contributed by atoms with Gasteiger partial charge in [0.2, 0.25) is 11.7 Å². The van der Waals surface area contributed by atoms with Crippen molar-refractivity contribution in [3.8, 4) is 0 Å². The molecule has 0 saturated heterocycles. The molecule has 2 N–H and O–H groups in total. The van der Waals surface area contributed by atoms with Gasteiger partial charge >= 0.3 is 12.1 Å². The lowest BCUT2D eigenvalue weighted by Gasteiger charge is -2.39. The summed E-state index contributed by atoms with van der Waals surface area (Å²) in [5.74, 6) is -4.29. The number of imidazole rings is 1. The van der Waals surface area contributed by atoms with E-state index < -0.39 is 35.3 Å². The van der Waals surface area contributed by atoms with Gasteiger partial charge < -0.3 is 15.0 Å². The molecule has 3 aromatic carbocycles. The molecule has 0 fully saturated rings. The van der Waals surface area contributed by atoms with Crippen molar-refractivity contribution in [2.45, 2.75) is 11.9 Å². The minimum absolute atomic E-state index is 0.0836. The number of thiazole rings is 1. The van der Waals surface area contributed by atoms with Gasteiger partial charge in [0.15, 0.2) is 10.9 Å². The summed E-state index contributed by atoms with van der Waals surface area (Å²) >= 11 is 7.30. The number of benzene rings is 3. The Balaban J connectivity index is 1.61. The zero-order chi connectivity index (χ0) is 28.2. The molecule has 1 aliphatic rings. The smallest absolute Gasteiger partial charge is 0.423 e. The average molecular weight is 588 g/mol. The molecule has 40 heavy (non-hydrogen) atoms. The van der Waals surface area contributed by atoms with Gasteiger partial charge in [-0.1, -0.05) is 41.9 Å². The Morgan fingerprint density at radius 1 is 1.12 bits per heavy atom. The maximum absolute atomic E-state index is 15.4. The van der Waals surface area contributed by atoms with E-state index in [1.165, 1.54) is 65.9 Å². The van der Waals surface area contributed by atoms with Crippen LogP contribution in [-0.2, 0) is 15.3 Å². The Kier molecular flexibility index (Phi) is 6.00. The summed E-state index contributed by atoms with van der Waals surface area (Å²) in [4.78, 5) is 38.4. The second kappa shape index (κ2) is 9.31. The van der Waals surface area contributed by atoms with Crippen LogP contribution in [0.25, 0.3) is 11.0 Å². The van der Waals surface area contributed by atoms with Crippen molar-refractivity contribution in [2.24, 2.45) is 0 Å². The quantitative estimate of drug-likeness (QED) is 0.179. The van der Waals surface area contributed by atoms with Crippen LogP contribution >= 0.6 is 22.9 Å². The molecule has 1 aliphatic heterocycles. The lowest BCUT2D eigenvalue weighted by Crippen LogP contribution is -2.50. The van der Waals surface area contributed by atoms with Gasteiger partial charge in [0.25, 0.3) is 5.91 Å². The Hall–Kier alpha value is -4.49. The summed E-state index contributed by atoms with van der Waals surface area (Å²) in [5, 5.41) is 4.87. The number of nitrogens with one attached hydrogen (secondary N) is 2. The zero-order valence-electron chi connectivity index (χ0n) is 19.8. The van der Waals surface area contributed by atoms with Crippen LogP contribution < -0.4 is 10.2 Å². The third kappa shape index (κ3) is 4.05. The van der Waals surface area contributed by atoms with Gasteiger partial charge in [-0.15, -0.1) is 11.3 Å². The van der Waals surface area contributed by atoms with Crippen LogP contribution in [0.5, 0.6) is 0 Å². The summed E-state index contributed by atoms with van der Waals surface area (Å²) < 4.78 is 61.6. The van der Waals surface area contributed by atoms with Gasteiger partial charge in [0, 0.05) is 28.3 Å². The normalized spacial score (nSPS) is 16.8. The lowest BCUT2D eigenvalue weighted by atomic mass is 9.92. The number of carbonyl (C=O) groups excluding carboxylic acids is 2. The number of aromatic amines is 1. The Morgan fingerprint density at radius 3 is 2.67 bits per heavy atom. The number of esters is 1. The third-order valence-corrected chi connectivity index (χ3v) is 7.20. The zero-order valence-corrected chi connectivity index (χ0v) is 21.4. The second-order valence-corrected chi connectivity index (χ2v) is 9.87. The average Bonchev–Trinajstić information content (AvgIpc) is 3.63. The fourth-order valence-corrected chi connectivity index (χ4v) is 5.29. The molecule has 3 heterocycles. The van der Waals surface area contributed by atoms with E-state index in [2.05, 4.69) is 20.3 Å². The number of amides is 1. The largest absolute Gasteiger partial charge is 0.491 e. The number of H-pyrrole nitrogens is 1. The predicted molar refractivity (Wildman–Crippen MR) is 139 cm³/mol. The summed E-state index contributed by atoms with van der Waals surface area (Å²) in [6.07, 6.45) is -3.85. The van der Waals surface area contributed by atoms with Crippen LogP contribution in [0, 0.1) is 5.82 Å². The minimum atomic E-state index is -5.44. The minimum Gasteiger partial charge on any atom is -0.423 e. The first kappa shape index (κ1) is 25.8. The first-order chi connectivity index (χ1) is 19.1. The van der Waals surface area contributed by atoms with E-state index in [-0.39, 0.29) is 27.7 Å². The predicted octanol–water partition coefficient (Wildman–Crippen LogP) is 6.52. The van der Waals surface area contributed by atoms with Crippen molar-refractivity contribution < 1.29 is 31.9 Å². The van der Waals surface area contributed by atoms with Crippen molar-refractivity contribution in [3.05, 3.63) is 99.8 Å². The number of halogens is 5. The Labute approximate surface area is 231 Å². The lowest BCUT2D eigenvalue weighted by molar-refractivity contribution is -0.211. The molecule has 0 aliphatic carbocycles. The molecule has 0 radical (unpaired) electrons. The van der Waals surface area contributed by atoms with Crippen molar-refractivity contribution >= 4 is 62.6 Å². The molecule has 1 atom stereocenters. The second-order valence-electron chi connectivity index (χ2n) is 8.57. The van der Waals surface area contributed by atoms with E-state index in [0.29, 0.717) is 21.1 Å². The fourth-order valence-electron chi connectivity index (χ4n) is 4.60. The van der Waals surface area contributed by atoms with Crippen LogP contribution in [0.3, 0.4) is 0 Å². The van der Waals surface area contributed by atoms with Crippen LogP contribution in [0.1, 0.15) is 21.5 Å². The SMILES string of the molecule is O=C1c2ccccc2C(OC(=O)C(F)(F)F)(c2ccc3nc(Nc4nccs4)[nH]c3c2)N1c1cccc(Cl)c1F. The summed E-state index contributed by atoms with van der Waals surface area (Å²) in [5.41, 5.74) is -2.60. The number of hydrogen-bond donors (Lipinski definition) is 2. The number of aromatic nitrogens is 3. The molecule has 1 unspecified atom stereocenters. The number of rotatable bonds is 5. The monoisotopic (exact) mass is 587 g/mol. The number of anilines is 3. The van der Waals surface area contributed by atoms with E-state index in [4.69, 9.17) is 16.3 Å². The first-order valence-corrected chi connectivity index (χ1v) is 12.7. The van der Waals surface area contributed by atoms with Crippen LogP contribution in [0.4, 0.5) is 34.3 Å². The molecule has 5 aromatic rings. The van der Waals surface area contributed by atoms with Crippen LogP contribution in [0.15, 0.2) is 72.2 Å². The fraction of sp³-hybridized carbons (Fsp3) is 0.0769. The summed E-state index contributed by atoms with van der Waals surface area (Å²) in [6, 6.07) is 13.5. The summed E-state index contributed by atoms with van der Waals surface area (Å²) in [6.45, 7) is 0. The van der Waals surface area contributed by atoms with E-state index in [1.54, 1.807) is 11.6 Å². The Bertz CT molecular complexity index is 1790. The van der Waals surface area contributed by atoms with Gasteiger partial charge in [-0.3, -0.25) is 9.69 Å². The number of carbonyl (C=O) groups is 2. The molecule has 8 nitrogen and oxygen atoms in total. The number of fused-ring (bicyclic) bond motifs is 2. The van der Waals surface area contributed by atoms with Gasteiger partial charge in [-0.25, -0.2) is 19.2 Å². The highest BCUT2D eigenvalue weighted by molar-refractivity contribution is 7.13. The third-order valence-electron chi connectivity index (χ3n) is 6.22. The molecule has 202 valence electrons. The first-order valence-electron chi connectivity index (χ1n) is 11.4. The molecule has 0 spiro atoms. The van der Waals surface area contributed by atoms with E-state index in [0.717, 1.165) is 6.07 Å². The van der Waals surface area contributed by atoms with Gasteiger partial charge in [-0.2, -0.15) is 13.2 Å². The van der Waals surface area contributed by atoms with E-state index >= 15 is 4.39 Å². The molecule has 0 saturated carbocycles. The molecule has 14 heteroatoms. The Morgan fingerprint density at radius 2 is 1.93 bits per heavy atom. The van der Waals surface area contributed by atoms with E-state index in [1.807, 2.05) is 0 Å². The maximum Gasteiger partial charge on any atom is 0.491 e. The molecular weight excluding hydrogens is 574 g/mol. The number of nitrogens with zero attached hydrogens (tertiary/aromatic N) is 3. The molecule has 6 rings (SSSR count). The number of alkyl halides is 3. The summed E-state index contributed by atoms with van der Waals surface area (Å²) in [7, 11) is 0. The molecule has 1 amide bonds.